The second kappa shape index (κ2) is 9.00. The Morgan fingerprint density at radius 3 is 2.68 bits per heavy atom. The van der Waals surface area contributed by atoms with Crippen LogP contribution in [0.4, 0.5) is 11.4 Å². The summed E-state index contributed by atoms with van der Waals surface area (Å²) in [5, 5.41) is 5.55. The van der Waals surface area contributed by atoms with Crippen LogP contribution in [0.1, 0.15) is 28.3 Å². The van der Waals surface area contributed by atoms with Crippen LogP contribution in [0.3, 0.4) is 0 Å². The molecule has 0 radical (unpaired) electrons. The first kappa shape index (κ1) is 20.6. The molecule has 2 heterocycles. The van der Waals surface area contributed by atoms with Crippen molar-refractivity contribution in [3.05, 3.63) is 89.2 Å². The highest BCUT2D eigenvalue weighted by Gasteiger charge is 2.28. The molecule has 2 N–H and O–H groups in total. The molecule has 0 saturated carbocycles. The SMILES string of the molecule is Cc1cccc(NC(=O)C(=O)NC[C@@H](c2cccnc2)N2CCc3ccccc32)c1C. The van der Waals surface area contributed by atoms with Gasteiger partial charge >= 0.3 is 11.8 Å². The summed E-state index contributed by atoms with van der Waals surface area (Å²) in [5.74, 6) is -1.32. The van der Waals surface area contributed by atoms with Gasteiger partial charge in [-0.2, -0.15) is 0 Å². The molecule has 1 aliphatic heterocycles. The van der Waals surface area contributed by atoms with Crippen LogP contribution < -0.4 is 15.5 Å². The molecule has 6 heteroatoms. The molecule has 2 aromatic carbocycles. The molecule has 1 aromatic heterocycles. The van der Waals surface area contributed by atoms with Crippen molar-refractivity contribution in [3.63, 3.8) is 0 Å². The van der Waals surface area contributed by atoms with Gasteiger partial charge in [-0.15, -0.1) is 0 Å². The highest BCUT2D eigenvalue weighted by Crippen LogP contribution is 2.34. The molecular weight excluding hydrogens is 388 g/mol. The largest absolute Gasteiger partial charge is 0.362 e. The number of fused-ring (bicyclic) bond motifs is 1. The Hall–Kier alpha value is -3.67. The van der Waals surface area contributed by atoms with E-state index in [0.717, 1.165) is 35.3 Å². The van der Waals surface area contributed by atoms with Gasteiger partial charge in [-0.05, 0) is 60.7 Å². The minimum Gasteiger partial charge on any atom is -0.362 e. The summed E-state index contributed by atoms with van der Waals surface area (Å²) in [6.07, 6.45) is 4.50. The molecule has 0 saturated heterocycles. The molecule has 2 amide bonds. The fourth-order valence-corrected chi connectivity index (χ4v) is 4.00. The monoisotopic (exact) mass is 414 g/mol. The number of nitrogens with zero attached hydrogens (tertiary/aromatic N) is 2. The molecule has 0 spiro atoms. The number of carbonyl (C=O) groups excluding carboxylic acids is 2. The van der Waals surface area contributed by atoms with Gasteiger partial charge in [0.05, 0.1) is 6.04 Å². The van der Waals surface area contributed by atoms with Crippen LogP contribution in [-0.2, 0) is 16.0 Å². The van der Waals surface area contributed by atoms with Gasteiger partial charge < -0.3 is 15.5 Å². The minimum absolute atomic E-state index is 0.116. The summed E-state index contributed by atoms with van der Waals surface area (Å²) >= 11 is 0. The number of rotatable bonds is 5. The molecule has 0 bridgehead atoms. The Morgan fingerprint density at radius 2 is 1.87 bits per heavy atom. The van der Waals surface area contributed by atoms with E-state index in [2.05, 4.69) is 32.7 Å². The van der Waals surface area contributed by atoms with E-state index in [-0.39, 0.29) is 6.04 Å². The van der Waals surface area contributed by atoms with Crippen LogP contribution in [0.2, 0.25) is 0 Å². The Morgan fingerprint density at radius 1 is 1.03 bits per heavy atom. The third-order valence-corrected chi connectivity index (χ3v) is 5.88. The second-order valence-corrected chi connectivity index (χ2v) is 7.79. The molecule has 3 aromatic rings. The zero-order valence-electron chi connectivity index (χ0n) is 17.8. The summed E-state index contributed by atoms with van der Waals surface area (Å²) in [6.45, 7) is 5.05. The number of carbonyl (C=O) groups is 2. The predicted molar refractivity (Wildman–Crippen MR) is 122 cm³/mol. The molecule has 0 aliphatic carbocycles. The molecule has 4 rings (SSSR count). The van der Waals surface area contributed by atoms with Gasteiger partial charge in [-0.3, -0.25) is 14.6 Å². The lowest BCUT2D eigenvalue weighted by Gasteiger charge is -2.30. The topological polar surface area (TPSA) is 74.3 Å². The van der Waals surface area contributed by atoms with E-state index >= 15 is 0 Å². The van der Waals surface area contributed by atoms with Crippen molar-refractivity contribution >= 4 is 23.2 Å². The van der Waals surface area contributed by atoms with Gasteiger partial charge in [0.25, 0.3) is 0 Å². The number of nitrogens with one attached hydrogen (secondary N) is 2. The highest BCUT2D eigenvalue weighted by atomic mass is 16.2. The molecule has 6 nitrogen and oxygen atoms in total. The van der Waals surface area contributed by atoms with E-state index < -0.39 is 11.8 Å². The maximum Gasteiger partial charge on any atom is 0.313 e. The number of anilines is 2. The lowest BCUT2D eigenvalue weighted by molar-refractivity contribution is -0.136. The van der Waals surface area contributed by atoms with Gasteiger partial charge in [0, 0.05) is 36.9 Å². The zero-order valence-corrected chi connectivity index (χ0v) is 17.8. The Labute approximate surface area is 182 Å². The van der Waals surface area contributed by atoms with Crippen LogP contribution in [0, 0.1) is 13.8 Å². The van der Waals surface area contributed by atoms with E-state index in [1.54, 1.807) is 12.3 Å². The standard InChI is InChI=1S/C25H26N4O2/c1-17-7-5-10-21(18(17)2)28-25(31)24(30)27-16-23(20-9-6-13-26-15-20)29-14-12-19-8-3-4-11-22(19)29/h3-11,13,15,23H,12,14,16H2,1-2H3,(H,27,30)(H,28,31)/t23-/m0/s1. The first-order valence-corrected chi connectivity index (χ1v) is 10.4. The Balaban J connectivity index is 1.48. The average molecular weight is 415 g/mol. The van der Waals surface area contributed by atoms with Crippen molar-refractivity contribution in [3.8, 4) is 0 Å². The molecule has 1 aliphatic rings. The van der Waals surface area contributed by atoms with Gasteiger partial charge in [0.2, 0.25) is 0 Å². The number of pyridine rings is 1. The van der Waals surface area contributed by atoms with Crippen LogP contribution in [0.15, 0.2) is 67.0 Å². The smallest absolute Gasteiger partial charge is 0.313 e. The lowest BCUT2D eigenvalue weighted by Crippen LogP contribution is -2.42. The molecular formula is C25H26N4O2. The summed E-state index contributed by atoms with van der Waals surface area (Å²) in [4.78, 5) is 31.6. The number of para-hydroxylation sites is 1. The first-order chi connectivity index (χ1) is 15.0. The maximum atomic E-state index is 12.6. The molecule has 1 atom stereocenters. The summed E-state index contributed by atoms with van der Waals surface area (Å²) in [5.41, 5.74) is 6.10. The summed E-state index contributed by atoms with van der Waals surface area (Å²) < 4.78 is 0. The highest BCUT2D eigenvalue weighted by molar-refractivity contribution is 6.39. The fourth-order valence-electron chi connectivity index (χ4n) is 4.00. The number of hydrogen-bond acceptors (Lipinski definition) is 4. The molecule has 31 heavy (non-hydrogen) atoms. The second-order valence-electron chi connectivity index (χ2n) is 7.79. The quantitative estimate of drug-likeness (QED) is 0.626. The van der Waals surface area contributed by atoms with Crippen molar-refractivity contribution in [2.45, 2.75) is 26.3 Å². The number of aryl methyl sites for hydroxylation is 1. The van der Waals surface area contributed by atoms with E-state index in [1.165, 1.54) is 5.56 Å². The summed E-state index contributed by atoms with van der Waals surface area (Å²) in [6, 6.07) is 17.7. The van der Waals surface area contributed by atoms with Crippen LogP contribution in [0.5, 0.6) is 0 Å². The van der Waals surface area contributed by atoms with Gasteiger partial charge in [0.15, 0.2) is 0 Å². The third-order valence-electron chi connectivity index (χ3n) is 5.88. The normalized spacial score (nSPS) is 13.4. The molecule has 158 valence electrons. The van der Waals surface area contributed by atoms with Crippen molar-refractivity contribution in [1.82, 2.24) is 10.3 Å². The first-order valence-electron chi connectivity index (χ1n) is 10.4. The van der Waals surface area contributed by atoms with Gasteiger partial charge in [-0.1, -0.05) is 36.4 Å². The fraction of sp³-hybridized carbons (Fsp3) is 0.240. The van der Waals surface area contributed by atoms with E-state index in [1.807, 2.05) is 56.4 Å². The van der Waals surface area contributed by atoms with Gasteiger partial charge in [0.1, 0.15) is 0 Å². The van der Waals surface area contributed by atoms with E-state index in [9.17, 15) is 9.59 Å². The van der Waals surface area contributed by atoms with Crippen LogP contribution >= 0.6 is 0 Å². The Kier molecular flexibility index (Phi) is 5.98. The van der Waals surface area contributed by atoms with E-state index in [0.29, 0.717) is 12.2 Å². The predicted octanol–water partition coefficient (Wildman–Crippen LogP) is 3.56. The zero-order chi connectivity index (χ0) is 21.8. The summed E-state index contributed by atoms with van der Waals surface area (Å²) in [7, 11) is 0. The number of amides is 2. The van der Waals surface area contributed by atoms with Gasteiger partial charge in [-0.25, -0.2) is 0 Å². The maximum absolute atomic E-state index is 12.6. The Bertz CT molecular complexity index is 1100. The van der Waals surface area contributed by atoms with Crippen LogP contribution in [-0.4, -0.2) is 29.9 Å². The number of hydrogen-bond donors (Lipinski definition) is 2. The lowest BCUT2D eigenvalue weighted by atomic mass is 10.1. The number of aromatic nitrogens is 1. The molecule has 0 fully saturated rings. The third kappa shape index (κ3) is 4.43. The van der Waals surface area contributed by atoms with Crippen LogP contribution in [0.25, 0.3) is 0 Å². The van der Waals surface area contributed by atoms with Crippen molar-refractivity contribution in [1.29, 1.82) is 0 Å². The van der Waals surface area contributed by atoms with Crippen molar-refractivity contribution in [2.24, 2.45) is 0 Å². The average Bonchev–Trinajstić information content (AvgIpc) is 3.21. The van der Waals surface area contributed by atoms with Crippen molar-refractivity contribution < 1.29 is 9.59 Å². The van der Waals surface area contributed by atoms with E-state index in [4.69, 9.17) is 0 Å². The molecule has 0 unspecified atom stereocenters. The minimum atomic E-state index is -0.666. The van der Waals surface area contributed by atoms with Crippen molar-refractivity contribution in [2.75, 3.05) is 23.3 Å². The number of benzene rings is 2.